The highest BCUT2D eigenvalue weighted by molar-refractivity contribution is 9.10. The van der Waals surface area contributed by atoms with E-state index in [-0.39, 0.29) is 29.5 Å². The van der Waals surface area contributed by atoms with Gasteiger partial charge in [0.05, 0.1) is 10.6 Å². The second-order valence-corrected chi connectivity index (χ2v) is 12.7. The predicted molar refractivity (Wildman–Crippen MR) is 169 cm³/mol. The summed E-state index contributed by atoms with van der Waals surface area (Å²) >= 11 is 3.43. The number of rotatable bonds is 13. The van der Waals surface area contributed by atoms with E-state index < -0.39 is 34.3 Å². The molecule has 0 fully saturated rings. The van der Waals surface area contributed by atoms with Crippen LogP contribution in [-0.2, 0) is 32.6 Å². The van der Waals surface area contributed by atoms with Crippen molar-refractivity contribution in [3.63, 3.8) is 0 Å². The first-order valence-electron chi connectivity index (χ1n) is 13.9. The zero-order valence-corrected chi connectivity index (χ0v) is 26.1. The molecule has 0 saturated carbocycles. The largest absolute Gasteiger partial charge is 0.354 e. The van der Waals surface area contributed by atoms with E-state index in [0.29, 0.717) is 13.0 Å². The van der Waals surface area contributed by atoms with E-state index in [0.717, 1.165) is 32.0 Å². The molecule has 0 aromatic heterocycles. The van der Waals surface area contributed by atoms with Gasteiger partial charge >= 0.3 is 0 Å². The Labute approximate surface area is 260 Å². The topological polar surface area (TPSA) is 86.8 Å². The first-order valence-corrected chi connectivity index (χ1v) is 16.1. The van der Waals surface area contributed by atoms with Crippen LogP contribution in [0.5, 0.6) is 0 Å². The van der Waals surface area contributed by atoms with E-state index in [9.17, 15) is 22.4 Å². The van der Waals surface area contributed by atoms with Gasteiger partial charge in [0.1, 0.15) is 18.4 Å². The van der Waals surface area contributed by atoms with Gasteiger partial charge in [-0.15, -0.1) is 0 Å². The number of halogens is 2. The Morgan fingerprint density at radius 1 is 0.837 bits per heavy atom. The number of anilines is 1. The van der Waals surface area contributed by atoms with E-state index >= 15 is 0 Å². The van der Waals surface area contributed by atoms with Crippen molar-refractivity contribution < 1.29 is 22.4 Å². The summed E-state index contributed by atoms with van der Waals surface area (Å²) in [5.41, 5.74) is 1.73. The lowest BCUT2D eigenvalue weighted by Crippen LogP contribution is -2.53. The van der Waals surface area contributed by atoms with E-state index in [1.165, 1.54) is 29.2 Å². The summed E-state index contributed by atoms with van der Waals surface area (Å²) in [4.78, 5) is 29.3. The minimum Gasteiger partial charge on any atom is -0.354 e. The van der Waals surface area contributed by atoms with E-state index in [2.05, 4.69) is 21.2 Å². The Kier molecular flexibility index (Phi) is 11.1. The molecule has 10 heteroatoms. The zero-order chi connectivity index (χ0) is 30.8. The molecular weight excluding hydrogens is 633 g/mol. The number of benzene rings is 4. The quantitative estimate of drug-likeness (QED) is 0.191. The smallest absolute Gasteiger partial charge is 0.264 e. The van der Waals surface area contributed by atoms with Crippen molar-refractivity contribution in [1.29, 1.82) is 0 Å². The lowest BCUT2D eigenvalue weighted by Gasteiger charge is -2.34. The lowest BCUT2D eigenvalue weighted by molar-refractivity contribution is -0.140. The van der Waals surface area contributed by atoms with Gasteiger partial charge in [0.15, 0.2) is 0 Å². The molecule has 4 rings (SSSR count). The van der Waals surface area contributed by atoms with Crippen LogP contribution in [0.25, 0.3) is 0 Å². The average Bonchev–Trinajstić information content (AvgIpc) is 3.02. The van der Waals surface area contributed by atoms with Crippen LogP contribution >= 0.6 is 15.9 Å². The maximum atomic E-state index is 14.3. The third-order valence-corrected chi connectivity index (χ3v) is 9.13. The summed E-state index contributed by atoms with van der Waals surface area (Å²) in [6.45, 7) is 1.82. The molecule has 0 unspecified atom stereocenters. The summed E-state index contributed by atoms with van der Waals surface area (Å²) in [6.07, 6.45) is 0.929. The average molecular weight is 667 g/mol. The van der Waals surface area contributed by atoms with Crippen molar-refractivity contribution in [2.75, 3.05) is 17.4 Å². The van der Waals surface area contributed by atoms with Crippen molar-refractivity contribution in [2.45, 2.75) is 37.2 Å². The Hall–Kier alpha value is -4.02. The normalized spacial score (nSPS) is 11.9. The second kappa shape index (κ2) is 14.9. The SMILES string of the molecule is CCCNC(=O)[C@H](Cc1ccccc1)N(Cc1ccc(Br)cc1)C(=O)CN(c1ccc(F)cc1)S(=O)(=O)c1ccccc1. The predicted octanol–water partition coefficient (Wildman–Crippen LogP) is 5.95. The molecule has 0 aliphatic rings. The van der Waals surface area contributed by atoms with Gasteiger partial charge in [0.25, 0.3) is 10.0 Å². The van der Waals surface area contributed by atoms with E-state index in [1.807, 2.05) is 61.5 Å². The molecule has 1 atom stereocenters. The monoisotopic (exact) mass is 665 g/mol. The zero-order valence-electron chi connectivity index (χ0n) is 23.7. The maximum absolute atomic E-state index is 14.3. The van der Waals surface area contributed by atoms with Crippen LogP contribution in [0.1, 0.15) is 24.5 Å². The third-order valence-electron chi connectivity index (χ3n) is 6.81. The van der Waals surface area contributed by atoms with E-state index in [1.54, 1.807) is 18.2 Å². The van der Waals surface area contributed by atoms with Crippen molar-refractivity contribution in [1.82, 2.24) is 10.2 Å². The number of carbonyl (C=O) groups excluding carboxylic acids is 2. The van der Waals surface area contributed by atoms with E-state index in [4.69, 9.17) is 0 Å². The number of nitrogens with one attached hydrogen (secondary N) is 1. The molecule has 0 saturated heterocycles. The van der Waals surface area contributed by atoms with Crippen LogP contribution < -0.4 is 9.62 Å². The molecule has 0 aliphatic heterocycles. The van der Waals surface area contributed by atoms with Crippen molar-refractivity contribution >= 4 is 43.5 Å². The minimum absolute atomic E-state index is 0.0203. The van der Waals surface area contributed by atoms with Crippen molar-refractivity contribution in [2.24, 2.45) is 0 Å². The van der Waals surface area contributed by atoms with Crippen LogP contribution in [0.4, 0.5) is 10.1 Å². The summed E-state index contributed by atoms with van der Waals surface area (Å²) in [6, 6.07) is 28.4. The molecule has 43 heavy (non-hydrogen) atoms. The molecule has 7 nitrogen and oxygen atoms in total. The summed E-state index contributed by atoms with van der Waals surface area (Å²) < 4.78 is 43.4. The molecule has 2 amide bonds. The lowest BCUT2D eigenvalue weighted by atomic mass is 10.0. The Morgan fingerprint density at radius 3 is 2.05 bits per heavy atom. The molecule has 0 aliphatic carbocycles. The Morgan fingerprint density at radius 2 is 1.44 bits per heavy atom. The molecule has 0 heterocycles. The van der Waals surface area contributed by atoms with Gasteiger partial charge in [-0.2, -0.15) is 0 Å². The molecule has 4 aromatic rings. The van der Waals surface area contributed by atoms with Crippen LogP contribution in [0, 0.1) is 5.82 Å². The molecule has 224 valence electrons. The fraction of sp³-hybridized carbons (Fsp3) is 0.212. The number of nitrogens with zero attached hydrogens (tertiary/aromatic N) is 2. The molecule has 0 radical (unpaired) electrons. The van der Waals surface area contributed by atoms with Crippen LogP contribution in [-0.4, -0.2) is 44.3 Å². The summed E-state index contributed by atoms with van der Waals surface area (Å²) in [5.74, 6) is -1.46. The third kappa shape index (κ3) is 8.52. The minimum atomic E-state index is -4.24. The highest BCUT2D eigenvalue weighted by atomic mass is 79.9. The van der Waals surface area contributed by atoms with Gasteiger partial charge in [0, 0.05) is 24.0 Å². The number of sulfonamides is 1. The van der Waals surface area contributed by atoms with Crippen molar-refractivity contribution in [3.8, 4) is 0 Å². The van der Waals surface area contributed by atoms with Crippen LogP contribution in [0.2, 0.25) is 0 Å². The van der Waals surface area contributed by atoms with Gasteiger partial charge < -0.3 is 10.2 Å². The molecule has 4 aromatic carbocycles. The number of hydrogen-bond donors (Lipinski definition) is 1. The van der Waals surface area contributed by atoms with Gasteiger partial charge in [-0.3, -0.25) is 13.9 Å². The second-order valence-electron chi connectivity index (χ2n) is 9.95. The highest BCUT2D eigenvalue weighted by Crippen LogP contribution is 2.25. The van der Waals surface area contributed by atoms with Crippen molar-refractivity contribution in [3.05, 3.63) is 131 Å². The number of carbonyl (C=O) groups is 2. The van der Waals surface area contributed by atoms with Gasteiger partial charge in [-0.1, -0.05) is 83.5 Å². The maximum Gasteiger partial charge on any atom is 0.264 e. The first kappa shape index (κ1) is 31.9. The molecule has 0 spiro atoms. The summed E-state index contributed by atoms with van der Waals surface area (Å²) in [7, 11) is -4.24. The van der Waals surface area contributed by atoms with Gasteiger partial charge in [0.2, 0.25) is 11.8 Å². The van der Waals surface area contributed by atoms with Gasteiger partial charge in [-0.05, 0) is 66.1 Å². The summed E-state index contributed by atoms with van der Waals surface area (Å²) in [5, 5.41) is 2.92. The van der Waals surface area contributed by atoms with Crippen LogP contribution in [0.3, 0.4) is 0 Å². The van der Waals surface area contributed by atoms with Crippen LogP contribution in [0.15, 0.2) is 119 Å². The fourth-order valence-electron chi connectivity index (χ4n) is 4.56. The highest BCUT2D eigenvalue weighted by Gasteiger charge is 2.34. The number of amides is 2. The first-order chi connectivity index (χ1) is 20.7. The molecular formula is C33H33BrFN3O4S. The Bertz CT molecular complexity index is 1600. The fourth-order valence-corrected chi connectivity index (χ4v) is 6.26. The molecule has 1 N–H and O–H groups in total. The Balaban J connectivity index is 1.78. The standard InChI is InChI=1S/C33H33BrFN3O4S/c1-2-21-36-33(40)31(22-25-9-5-3-6-10-25)37(23-26-13-15-27(34)16-14-26)32(39)24-38(29-19-17-28(35)18-20-29)43(41,42)30-11-7-4-8-12-30/h3-20,31H,2,21-24H2,1H3,(H,36,40)/t31-/m0/s1. The van der Waals surface area contributed by atoms with Gasteiger partial charge in [-0.25, -0.2) is 12.8 Å². The molecule has 0 bridgehead atoms. The number of hydrogen-bond acceptors (Lipinski definition) is 4.